The number of hydrogen-bond acceptors (Lipinski definition) is 3. The van der Waals surface area contributed by atoms with Crippen molar-refractivity contribution in [2.24, 2.45) is 0 Å². The molecule has 4 heteroatoms. The van der Waals surface area contributed by atoms with E-state index < -0.39 is 0 Å². The Kier molecular flexibility index (Phi) is 4.42. The molecule has 2 rings (SSSR count). The van der Waals surface area contributed by atoms with E-state index in [9.17, 15) is 9.50 Å². The molecular weight excluding hydrogens is 245 g/mol. The SMILES string of the molecule is Cc1cccc(OCCC(C)(CO)NC2CC2)c1F. The number of hydrogen-bond donors (Lipinski definition) is 2. The van der Waals surface area contributed by atoms with E-state index in [4.69, 9.17) is 4.74 Å². The standard InChI is InChI=1S/C15H22FNO2/c1-11-4-3-5-13(14(11)16)19-9-8-15(2,10-18)17-12-6-7-12/h3-5,12,17-18H,6-10H2,1-2H3. The van der Waals surface area contributed by atoms with E-state index in [1.165, 1.54) is 12.8 Å². The van der Waals surface area contributed by atoms with Gasteiger partial charge in [-0.2, -0.15) is 0 Å². The maximum atomic E-state index is 13.7. The number of aliphatic hydroxyl groups excluding tert-OH is 1. The van der Waals surface area contributed by atoms with E-state index in [1.807, 2.05) is 6.92 Å². The van der Waals surface area contributed by atoms with Crippen LogP contribution in [0.25, 0.3) is 0 Å². The van der Waals surface area contributed by atoms with Crippen molar-refractivity contribution in [3.8, 4) is 5.75 Å². The Hall–Kier alpha value is -1.13. The average molecular weight is 267 g/mol. The van der Waals surface area contributed by atoms with Crippen molar-refractivity contribution in [3.63, 3.8) is 0 Å². The van der Waals surface area contributed by atoms with Crippen LogP contribution < -0.4 is 10.1 Å². The maximum Gasteiger partial charge on any atom is 0.167 e. The quantitative estimate of drug-likeness (QED) is 0.797. The van der Waals surface area contributed by atoms with Gasteiger partial charge in [0.05, 0.1) is 13.2 Å². The molecule has 1 aromatic carbocycles. The van der Waals surface area contributed by atoms with Crippen LogP contribution in [0.2, 0.25) is 0 Å². The molecular formula is C15H22FNO2. The Balaban J connectivity index is 1.86. The summed E-state index contributed by atoms with van der Waals surface area (Å²) in [5.74, 6) is -0.0185. The van der Waals surface area contributed by atoms with Crippen LogP contribution in [0, 0.1) is 12.7 Å². The van der Waals surface area contributed by atoms with Gasteiger partial charge >= 0.3 is 0 Å². The molecule has 3 nitrogen and oxygen atoms in total. The summed E-state index contributed by atoms with van der Waals surface area (Å²) in [6.45, 7) is 4.14. The van der Waals surface area contributed by atoms with E-state index in [-0.39, 0.29) is 23.7 Å². The highest BCUT2D eigenvalue weighted by molar-refractivity contribution is 5.30. The molecule has 0 heterocycles. The van der Waals surface area contributed by atoms with Crippen molar-refractivity contribution in [2.75, 3.05) is 13.2 Å². The number of aliphatic hydroxyl groups is 1. The maximum absolute atomic E-state index is 13.7. The fourth-order valence-electron chi connectivity index (χ4n) is 2.04. The molecule has 0 amide bonds. The zero-order valence-corrected chi connectivity index (χ0v) is 11.6. The normalized spacial score (nSPS) is 18.1. The minimum atomic E-state index is -0.346. The molecule has 1 atom stereocenters. The fraction of sp³-hybridized carbons (Fsp3) is 0.600. The van der Waals surface area contributed by atoms with Gasteiger partial charge in [-0.3, -0.25) is 0 Å². The first-order valence-electron chi connectivity index (χ1n) is 6.80. The van der Waals surface area contributed by atoms with Gasteiger partial charge in [0, 0.05) is 18.0 Å². The third-order valence-electron chi connectivity index (χ3n) is 3.55. The first-order valence-corrected chi connectivity index (χ1v) is 6.80. The lowest BCUT2D eigenvalue weighted by molar-refractivity contribution is 0.141. The van der Waals surface area contributed by atoms with Gasteiger partial charge in [-0.25, -0.2) is 4.39 Å². The topological polar surface area (TPSA) is 41.5 Å². The molecule has 1 fully saturated rings. The van der Waals surface area contributed by atoms with Crippen LogP contribution in [0.4, 0.5) is 4.39 Å². The molecule has 1 saturated carbocycles. The van der Waals surface area contributed by atoms with Crippen LogP contribution in [0.15, 0.2) is 18.2 Å². The first kappa shape index (κ1) is 14.3. The summed E-state index contributed by atoms with van der Waals surface area (Å²) in [5, 5.41) is 12.9. The largest absolute Gasteiger partial charge is 0.490 e. The second-order valence-corrected chi connectivity index (χ2v) is 5.62. The number of nitrogens with one attached hydrogen (secondary N) is 1. The average Bonchev–Trinajstić information content (AvgIpc) is 3.18. The van der Waals surface area contributed by atoms with E-state index in [1.54, 1.807) is 25.1 Å². The Bertz CT molecular complexity index is 434. The van der Waals surface area contributed by atoms with Crippen molar-refractivity contribution in [1.29, 1.82) is 0 Å². The number of rotatable bonds is 7. The van der Waals surface area contributed by atoms with Crippen molar-refractivity contribution < 1.29 is 14.2 Å². The number of benzene rings is 1. The monoisotopic (exact) mass is 267 g/mol. The van der Waals surface area contributed by atoms with Gasteiger partial charge in [-0.15, -0.1) is 0 Å². The minimum absolute atomic E-state index is 0.0587. The lowest BCUT2D eigenvalue weighted by Crippen LogP contribution is -2.48. The van der Waals surface area contributed by atoms with E-state index >= 15 is 0 Å². The lowest BCUT2D eigenvalue weighted by Gasteiger charge is -2.29. The predicted octanol–water partition coefficient (Wildman–Crippen LogP) is 2.41. The van der Waals surface area contributed by atoms with Crippen molar-refractivity contribution in [3.05, 3.63) is 29.6 Å². The van der Waals surface area contributed by atoms with E-state index in [0.717, 1.165) is 0 Å². The molecule has 2 N–H and O–H groups in total. The molecule has 0 aromatic heterocycles. The van der Waals surface area contributed by atoms with Crippen LogP contribution >= 0.6 is 0 Å². The highest BCUT2D eigenvalue weighted by Crippen LogP contribution is 2.25. The first-order chi connectivity index (χ1) is 9.04. The fourth-order valence-corrected chi connectivity index (χ4v) is 2.04. The molecule has 0 saturated heterocycles. The lowest BCUT2D eigenvalue weighted by atomic mass is 9.99. The second-order valence-electron chi connectivity index (χ2n) is 5.62. The molecule has 1 unspecified atom stereocenters. The molecule has 1 aliphatic rings. The van der Waals surface area contributed by atoms with Crippen LogP contribution in [0.3, 0.4) is 0 Å². The second kappa shape index (κ2) is 5.88. The Morgan fingerprint density at radius 3 is 2.84 bits per heavy atom. The Morgan fingerprint density at radius 1 is 1.47 bits per heavy atom. The Morgan fingerprint density at radius 2 is 2.21 bits per heavy atom. The van der Waals surface area contributed by atoms with Gasteiger partial charge in [-0.05, 0) is 38.3 Å². The summed E-state index contributed by atoms with van der Waals surface area (Å²) in [6.07, 6.45) is 2.99. The highest BCUT2D eigenvalue weighted by Gasteiger charge is 2.31. The van der Waals surface area contributed by atoms with Gasteiger partial charge in [0.25, 0.3) is 0 Å². The van der Waals surface area contributed by atoms with Crippen LogP contribution in [0.1, 0.15) is 31.7 Å². The molecule has 0 spiro atoms. The number of ether oxygens (including phenoxy) is 1. The summed E-state index contributed by atoms with van der Waals surface area (Å²) in [7, 11) is 0. The molecule has 1 aliphatic carbocycles. The zero-order valence-electron chi connectivity index (χ0n) is 11.6. The van der Waals surface area contributed by atoms with Crippen molar-refractivity contribution >= 4 is 0 Å². The predicted molar refractivity (Wildman–Crippen MR) is 72.9 cm³/mol. The summed E-state index contributed by atoms with van der Waals surface area (Å²) >= 11 is 0. The molecule has 0 aliphatic heterocycles. The number of aryl methyl sites for hydroxylation is 1. The zero-order chi connectivity index (χ0) is 13.9. The number of halogens is 1. The summed E-state index contributed by atoms with van der Waals surface area (Å²) in [5.41, 5.74) is 0.236. The summed E-state index contributed by atoms with van der Waals surface area (Å²) < 4.78 is 19.2. The van der Waals surface area contributed by atoms with Gasteiger partial charge in [-0.1, -0.05) is 12.1 Å². The van der Waals surface area contributed by atoms with Crippen LogP contribution in [-0.4, -0.2) is 29.9 Å². The molecule has 19 heavy (non-hydrogen) atoms. The molecule has 0 bridgehead atoms. The van der Waals surface area contributed by atoms with E-state index in [2.05, 4.69) is 5.32 Å². The molecule has 106 valence electrons. The molecule has 1 aromatic rings. The highest BCUT2D eigenvalue weighted by atomic mass is 19.1. The Labute approximate surface area is 113 Å². The van der Waals surface area contributed by atoms with Gasteiger partial charge < -0.3 is 15.2 Å². The van der Waals surface area contributed by atoms with Gasteiger partial charge in [0.1, 0.15) is 0 Å². The van der Waals surface area contributed by atoms with Crippen LogP contribution in [0.5, 0.6) is 5.75 Å². The third-order valence-corrected chi connectivity index (χ3v) is 3.55. The third kappa shape index (κ3) is 3.91. The minimum Gasteiger partial charge on any atom is -0.490 e. The van der Waals surface area contributed by atoms with Crippen LogP contribution in [-0.2, 0) is 0 Å². The molecule has 0 radical (unpaired) electrons. The summed E-state index contributed by atoms with van der Waals surface area (Å²) in [6, 6.07) is 5.65. The smallest absolute Gasteiger partial charge is 0.167 e. The van der Waals surface area contributed by atoms with Crippen molar-refractivity contribution in [2.45, 2.75) is 44.7 Å². The summed E-state index contributed by atoms with van der Waals surface area (Å²) in [4.78, 5) is 0. The van der Waals surface area contributed by atoms with Gasteiger partial charge in [0.2, 0.25) is 0 Å². The van der Waals surface area contributed by atoms with Gasteiger partial charge in [0.15, 0.2) is 11.6 Å². The van der Waals surface area contributed by atoms with E-state index in [0.29, 0.717) is 24.6 Å². The van der Waals surface area contributed by atoms with Crippen molar-refractivity contribution in [1.82, 2.24) is 5.32 Å².